The minimum atomic E-state index is -1.37. The van der Waals surface area contributed by atoms with Crippen LogP contribution in [0.2, 0.25) is 0 Å². The summed E-state index contributed by atoms with van der Waals surface area (Å²) in [6.45, 7) is 0.695. The Morgan fingerprint density at radius 2 is 2.00 bits per heavy atom. The van der Waals surface area contributed by atoms with Gasteiger partial charge in [-0.1, -0.05) is 0 Å². The van der Waals surface area contributed by atoms with E-state index in [0.717, 1.165) is 0 Å². The third-order valence-corrected chi connectivity index (χ3v) is 2.65. The van der Waals surface area contributed by atoms with Crippen LogP contribution in [0.5, 0.6) is 0 Å². The van der Waals surface area contributed by atoms with Crippen LogP contribution in [0.15, 0.2) is 12.1 Å². The SMILES string of the molecule is COCCCN(C)C(=O)c1cc(F)c(F)cc1[N+](=O)[O-]. The third kappa shape index (κ3) is 3.70. The van der Waals surface area contributed by atoms with Gasteiger partial charge in [0.1, 0.15) is 5.56 Å². The molecule has 0 saturated heterocycles. The monoisotopic (exact) mass is 288 g/mol. The molecule has 0 atom stereocenters. The molecule has 0 fully saturated rings. The second-order valence-electron chi connectivity index (χ2n) is 4.11. The summed E-state index contributed by atoms with van der Waals surface area (Å²) in [7, 11) is 2.92. The molecule has 6 nitrogen and oxygen atoms in total. The molecule has 0 aliphatic rings. The average Bonchev–Trinajstić information content (AvgIpc) is 2.40. The molecular formula is C12H14F2N2O4. The van der Waals surface area contributed by atoms with Crippen LogP contribution in [-0.4, -0.2) is 43.0 Å². The Balaban J connectivity index is 3.02. The fourth-order valence-corrected chi connectivity index (χ4v) is 1.61. The molecule has 0 aliphatic carbocycles. The number of hydrogen-bond acceptors (Lipinski definition) is 4. The molecule has 8 heteroatoms. The number of nitrogens with zero attached hydrogens (tertiary/aromatic N) is 2. The maximum absolute atomic E-state index is 13.2. The fourth-order valence-electron chi connectivity index (χ4n) is 1.61. The number of rotatable bonds is 6. The van der Waals surface area contributed by atoms with E-state index in [1.54, 1.807) is 0 Å². The zero-order valence-corrected chi connectivity index (χ0v) is 11.1. The van der Waals surface area contributed by atoms with E-state index >= 15 is 0 Å². The zero-order valence-electron chi connectivity index (χ0n) is 11.1. The van der Waals surface area contributed by atoms with Crippen molar-refractivity contribution in [2.45, 2.75) is 6.42 Å². The molecule has 0 unspecified atom stereocenters. The standard InChI is InChI=1S/C12H14F2N2O4/c1-15(4-3-5-20-2)12(17)8-6-9(13)10(14)7-11(8)16(18)19/h6-7H,3-5H2,1-2H3. The Kier molecular flexibility index (Phi) is 5.51. The zero-order chi connectivity index (χ0) is 15.3. The van der Waals surface area contributed by atoms with Crippen LogP contribution < -0.4 is 0 Å². The smallest absolute Gasteiger partial charge is 0.285 e. The molecule has 20 heavy (non-hydrogen) atoms. The number of carbonyl (C=O) groups is 1. The molecule has 0 saturated carbocycles. The number of nitro groups is 1. The Labute approximate surface area is 114 Å². The highest BCUT2D eigenvalue weighted by Gasteiger charge is 2.25. The van der Waals surface area contributed by atoms with Gasteiger partial charge in [0.2, 0.25) is 0 Å². The number of halogens is 2. The van der Waals surface area contributed by atoms with E-state index < -0.39 is 33.7 Å². The van der Waals surface area contributed by atoms with Gasteiger partial charge in [-0.2, -0.15) is 0 Å². The molecule has 110 valence electrons. The summed E-state index contributed by atoms with van der Waals surface area (Å²) in [6, 6.07) is 0.953. The number of ether oxygens (including phenoxy) is 1. The quantitative estimate of drug-likeness (QED) is 0.456. The fraction of sp³-hybridized carbons (Fsp3) is 0.417. The van der Waals surface area contributed by atoms with Gasteiger partial charge in [-0.05, 0) is 12.5 Å². The first-order valence-electron chi connectivity index (χ1n) is 5.76. The molecule has 1 aromatic carbocycles. The van der Waals surface area contributed by atoms with Crippen LogP contribution in [0.25, 0.3) is 0 Å². The lowest BCUT2D eigenvalue weighted by molar-refractivity contribution is -0.385. The third-order valence-electron chi connectivity index (χ3n) is 2.65. The topological polar surface area (TPSA) is 72.7 Å². The van der Waals surface area contributed by atoms with Gasteiger partial charge < -0.3 is 9.64 Å². The second-order valence-corrected chi connectivity index (χ2v) is 4.11. The number of amides is 1. The van der Waals surface area contributed by atoms with Gasteiger partial charge in [0.15, 0.2) is 11.6 Å². The second kappa shape index (κ2) is 6.90. The molecule has 1 rings (SSSR count). The summed E-state index contributed by atoms with van der Waals surface area (Å²) in [4.78, 5) is 23.1. The van der Waals surface area contributed by atoms with Crippen molar-refractivity contribution in [3.63, 3.8) is 0 Å². The van der Waals surface area contributed by atoms with E-state index in [2.05, 4.69) is 0 Å². The van der Waals surface area contributed by atoms with Gasteiger partial charge in [-0.15, -0.1) is 0 Å². The van der Waals surface area contributed by atoms with Crippen LogP contribution in [0.3, 0.4) is 0 Å². The summed E-state index contributed by atoms with van der Waals surface area (Å²) in [5.74, 6) is -3.41. The Morgan fingerprint density at radius 3 is 2.55 bits per heavy atom. The molecule has 0 N–H and O–H groups in total. The highest BCUT2D eigenvalue weighted by atomic mass is 19.2. The summed E-state index contributed by atoms with van der Waals surface area (Å²) in [5, 5.41) is 10.8. The van der Waals surface area contributed by atoms with Crippen molar-refractivity contribution in [3.05, 3.63) is 39.4 Å². The van der Waals surface area contributed by atoms with Gasteiger partial charge in [-0.3, -0.25) is 14.9 Å². The number of carbonyl (C=O) groups excluding carboxylic acids is 1. The minimum Gasteiger partial charge on any atom is -0.385 e. The van der Waals surface area contributed by atoms with Crippen LogP contribution in [0.4, 0.5) is 14.5 Å². The molecular weight excluding hydrogens is 274 g/mol. The van der Waals surface area contributed by atoms with Crippen molar-refractivity contribution in [3.8, 4) is 0 Å². The van der Waals surface area contributed by atoms with Crippen LogP contribution in [-0.2, 0) is 4.74 Å². The van der Waals surface area contributed by atoms with E-state index in [1.807, 2.05) is 0 Å². The number of hydrogen-bond donors (Lipinski definition) is 0. The van der Waals surface area contributed by atoms with Crippen molar-refractivity contribution < 1.29 is 23.2 Å². The molecule has 0 bridgehead atoms. The van der Waals surface area contributed by atoms with Crippen LogP contribution in [0, 0.1) is 21.7 Å². The van der Waals surface area contributed by atoms with E-state index in [4.69, 9.17) is 4.74 Å². The van der Waals surface area contributed by atoms with E-state index in [-0.39, 0.29) is 6.54 Å². The summed E-state index contributed by atoms with van der Waals surface area (Å²) in [5.41, 5.74) is -1.23. The molecule has 0 heterocycles. The first kappa shape index (κ1) is 16.0. The average molecular weight is 288 g/mol. The molecule has 0 aromatic heterocycles. The van der Waals surface area contributed by atoms with Crippen molar-refractivity contribution in [1.29, 1.82) is 0 Å². The molecule has 1 aromatic rings. The van der Waals surface area contributed by atoms with Crippen molar-refractivity contribution >= 4 is 11.6 Å². The van der Waals surface area contributed by atoms with Gasteiger partial charge in [0.05, 0.1) is 11.0 Å². The van der Waals surface area contributed by atoms with E-state index in [0.29, 0.717) is 25.2 Å². The van der Waals surface area contributed by atoms with Gasteiger partial charge in [-0.25, -0.2) is 8.78 Å². The molecule has 1 amide bonds. The molecule has 0 spiro atoms. The summed E-state index contributed by atoms with van der Waals surface area (Å²) in [6.07, 6.45) is 0.524. The summed E-state index contributed by atoms with van der Waals surface area (Å²) >= 11 is 0. The lowest BCUT2D eigenvalue weighted by Gasteiger charge is -2.17. The summed E-state index contributed by atoms with van der Waals surface area (Å²) < 4.78 is 31.0. The first-order valence-corrected chi connectivity index (χ1v) is 5.76. The molecule has 0 radical (unpaired) electrons. The van der Waals surface area contributed by atoms with Crippen molar-refractivity contribution in [2.24, 2.45) is 0 Å². The number of benzene rings is 1. The minimum absolute atomic E-state index is 0.281. The van der Waals surface area contributed by atoms with Gasteiger partial charge in [0.25, 0.3) is 11.6 Å². The van der Waals surface area contributed by atoms with Crippen LogP contribution >= 0.6 is 0 Å². The highest BCUT2D eigenvalue weighted by molar-refractivity contribution is 5.98. The Hall–Kier alpha value is -2.09. The lowest BCUT2D eigenvalue weighted by atomic mass is 10.1. The normalized spacial score (nSPS) is 10.4. The van der Waals surface area contributed by atoms with E-state index in [9.17, 15) is 23.7 Å². The van der Waals surface area contributed by atoms with Gasteiger partial charge >= 0.3 is 0 Å². The lowest BCUT2D eigenvalue weighted by Crippen LogP contribution is -2.29. The maximum atomic E-state index is 13.2. The predicted octanol–water partition coefficient (Wildman–Crippen LogP) is 1.98. The number of nitro benzene ring substituents is 1. The largest absolute Gasteiger partial charge is 0.385 e. The van der Waals surface area contributed by atoms with Gasteiger partial charge in [0, 0.05) is 27.3 Å². The highest BCUT2D eigenvalue weighted by Crippen LogP contribution is 2.23. The van der Waals surface area contributed by atoms with E-state index in [1.165, 1.54) is 19.1 Å². The molecule has 0 aliphatic heterocycles. The number of methoxy groups -OCH3 is 1. The maximum Gasteiger partial charge on any atom is 0.285 e. The van der Waals surface area contributed by atoms with Crippen molar-refractivity contribution in [2.75, 3.05) is 27.3 Å². The van der Waals surface area contributed by atoms with Crippen molar-refractivity contribution in [1.82, 2.24) is 4.90 Å². The first-order chi connectivity index (χ1) is 9.38. The Morgan fingerprint density at radius 1 is 1.40 bits per heavy atom. The predicted molar refractivity (Wildman–Crippen MR) is 66.5 cm³/mol. The van der Waals surface area contributed by atoms with Crippen LogP contribution in [0.1, 0.15) is 16.8 Å². The Bertz CT molecular complexity index is 522.